The maximum absolute atomic E-state index is 12.9. The van der Waals surface area contributed by atoms with Gasteiger partial charge in [0.15, 0.2) is 5.16 Å². The van der Waals surface area contributed by atoms with Crippen molar-refractivity contribution in [1.29, 1.82) is 5.26 Å². The molecule has 1 aromatic carbocycles. The fraction of sp³-hybridized carbons (Fsp3) is 0.263. The van der Waals surface area contributed by atoms with Gasteiger partial charge < -0.3 is 4.90 Å². The van der Waals surface area contributed by atoms with Crippen LogP contribution in [0.15, 0.2) is 39.6 Å². The van der Waals surface area contributed by atoms with E-state index in [-0.39, 0.29) is 30.2 Å². The highest BCUT2D eigenvalue weighted by Crippen LogP contribution is 2.25. The van der Waals surface area contributed by atoms with Gasteiger partial charge in [0.1, 0.15) is 4.83 Å². The molecule has 9 heteroatoms. The van der Waals surface area contributed by atoms with Gasteiger partial charge in [0.2, 0.25) is 5.91 Å². The number of nitrogens with zero attached hydrogens (tertiary/aromatic N) is 4. The fourth-order valence-electron chi connectivity index (χ4n) is 2.67. The summed E-state index contributed by atoms with van der Waals surface area (Å²) in [7, 11) is 1.65. The lowest BCUT2D eigenvalue weighted by Gasteiger charge is -2.22. The smallest absolute Gasteiger partial charge is 0.262 e. The molecule has 0 aliphatic rings. The van der Waals surface area contributed by atoms with Crippen molar-refractivity contribution >= 4 is 56.5 Å². The molecule has 0 spiro atoms. The molecule has 2 aromatic heterocycles. The number of benzene rings is 1. The fourth-order valence-corrected chi connectivity index (χ4v) is 4.44. The summed E-state index contributed by atoms with van der Waals surface area (Å²) in [5.74, 6) is -0.0629. The highest BCUT2D eigenvalue weighted by atomic mass is 35.5. The van der Waals surface area contributed by atoms with Crippen LogP contribution in [0.5, 0.6) is 0 Å². The molecule has 0 aliphatic heterocycles. The molecular weight excluding hydrogens is 416 g/mol. The lowest BCUT2D eigenvalue weighted by atomic mass is 10.2. The Kier molecular flexibility index (Phi) is 6.39. The van der Waals surface area contributed by atoms with Gasteiger partial charge in [-0.25, -0.2) is 4.98 Å². The van der Waals surface area contributed by atoms with Crippen molar-refractivity contribution in [2.45, 2.75) is 18.5 Å². The van der Waals surface area contributed by atoms with Crippen LogP contribution in [0.4, 0.5) is 5.69 Å². The van der Waals surface area contributed by atoms with Crippen LogP contribution in [0.3, 0.4) is 0 Å². The number of thioether (sulfide) groups is 1. The predicted molar refractivity (Wildman–Crippen MR) is 114 cm³/mol. The third-order valence-corrected chi connectivity index (χ3v) is 6.44. The molecule has 144 valence electrons. The monoisotopic (exact) mass is 432 g/mol. The highest BCUT2D eigenvalue weighted by molar-refractivity contribution is 7.99. The molecule has 2 heterocycles. The summed E-state index contributed by atoms with van der Waals surface area (Å²) >= 11 is 8.69. The Hall–Kier alpha value is -2.34. The van der Waals surface area contributed by atoms with Gasteiger partial charge in [0, 0.05) is 24.3 Å². The van der Waals surface area contributed by atoms with Crippen LogP contribution < -0.4 is 10.5 Å². The number of halogens is 1. The van der Waals surface area contributed by atoms with Crippen LogP contribution in [-0.2, 0) is 11.8 Å². The minimum atomic E-state index is -0.164. The number of nitriles is 1. The number of aromatic nitrogens is 2. The lowest BCUT2D eigenvalue weighted by Crippen LogP contribution is -2.33. The van der Waals surface area contributed by atoms with Gasteiger partial charge in [-0.3, -0.25) is 14.2 Å². The largest absolute Gasteiger partial charge is 0.311 e. The van der Waals surface area contributed by atoms with Gasteiger partial charge in [-0.2, -0.15) is 5.26 Å². The summed E-state index contributed by atoms with van der Waals surface area (Å²) in [5, 5.41) is 12.4. The summed E-state index contributed by atoms with van der Waals surface area (Å²) in [4.78, 5) is 32.0. The van der Waals surface area contributed by atoms with Crippen molar-refractivity contribution < 1.29 is 4.79 Å². The number of hydrogen-bond donors (Lipinski definition) is 0. The van der Waals surface area contributed by atoms with Crippen LogP contribution in [0.2, 0.25) is 5.02 Å². The molecule has 0 fully saturated rings. The number of carbonyl (C=O) groups excluding carboxylic acids is 1. The van der Waals surface area contributed by atoms with E-state index in [0.717, 1.165) is 5.56 Å². The maximum Gasteiger partial charge on any atom is 0.262 e. The zero-order valence-corrected chi connectivity index (χ0v) is 17.7. The maximum atomic E-state index is 12.9. The van der Waals surface area contributed by atoms with Gasteiger partial charge in [0.05, 0.1) is 23.6 Å². The van der Waals surface area contributed by atoms with Crippen molar-refractivity contribution in [3.8, 4) is 6.07 Å². The van der Waals surface area contributed by atoms with Crippen molar-refractivity contribution in [3.63, 3.8) is 0 Å². The second-order valence-electron chi connectivity index (χ2n) is 6.07. The van der Waals surface area contributed by atoms with Crippen LogP contribution in [0, 0.1) is 18.3 Å². The molecule has 0 atom stereocenters. The Morgan fingerprint density at radius 2 is 2.21 bits per heavy atom. The lowest BCUT2D eigenvalue weighted by molar-refractivity contribution is -0.116. The highest BCUT2D eigenvalue weighted by Gasteiger charge is 2.18. The first kappa shape index (κ1) is 20.4. The summed E-state index contributed by atoms with van der Waals surface area (Å²) in [6, 6.07) is 9.15. The van der Waals surface area contributed by atoms with Gasteiger partial charge in [-0.1, -0.05) is 23.4 Å². The molecule has 0 bridgehead atoms. The number of fused-ring (bicyclic) bond motifs is 1. The first-order valence-corrected chi connectivity index (χ1v) is 10.7. The van der Waals surface area contributed by atoms with E-state index >= 15 is 0 Å². The van der Waals surface area contributed by atoms with E-state index in [1.165, 1.54) is 27.7 Å². The Balaban J connectivity index is 1.82. The molecule has 0 saturated heterocycles. The zero-order valence-electron chi connectivity index (χ0n) is 15.3. The summed E-state index contributed by atoms with van der Waals surface area (Å²) in [6.07, 6.45) is 0.218. The van der Waals surface area contributed by atoms with E-state index in [9.17, 15) is 9.59 Å². The Bertz CT molecular complexity index is 1130. The summed E-state index contributed by atoms with van der Waals surface area (Å²) in [6.45, 7) is 2.15. The van der Waals surface area contributed by atoms with E-state index < -0.39 is 0 Å². The van der Waals surface area contributed by atoms with Crippen molar-refractivity contribution in [2.75, 3.05) is 17.2 Å². The SMILES string of the molecule is Cc1cc(N(CCC#N)C(=O)CSc2nc3sccc3c(=O)n2C)ccc1Cl. The predicted octanol–water partition coefficient (Wildman–Crippen LogP) is 4.00. The standard InChI is InChI=1S/C19H17ClN4O2S2/c1-12-10-13(4-5-15(12)20)24(8-3-7-21)16(25)11-28-19-22-17-14(6-9-27-17)18(26)23(19)2/h4-6,9-10H,3,8,11H2,1-2H3. The molecule has 0 radical (unpaired) electrons. The molecule has 3 aromatic rings. The van der Waals surface area contributed by atoms with E-state index in [1.54, 1.807) is 30.1 Å². The first-order valence-electron chi connectivity index (χ1n) is 8.43. The van der Waals surface area contributed by atoms with Crippen molar-refractivity contribution in [3.05, 3.63) is 50.6 Å². The number of thiophene rings is 1. The normalized spacial score (nSPS) is 10.8. The average molecular weight is 433 g/mol. The topological polar surface area (TPSA) is 79.0 Å². The minimum Gasteiger partial charge on any atom is -0.311 e. The number of amides is 1. The summed E-state index contributed by atoms with van der Waals surface area (Å²) in [5.41, 5.74) is 1.42. The average Bonchev–Trinajstić information content (AvgIpc) is 3.15. The van der Waals surface area contributed by atoms with Crippen LogP contribution in [-0.4, -0.2) is 27.8 Å². The first-order chi connectivity index (χ1) is 13.4. The third-order valence-electron chi connectivity index (χ3n) is 4.19. The van der Waals surface area contributed by atoms with Crippen LogP contribution in [0.1, 0.15) is 12.0 Å². The van der Waals surface area contributed by atoms with Gasteiger partial charge in [-0.05, 0) is 42.1 Å². The number of hydrogen-bond acceptors (Lipinski definition) is 6. The van der Waals surface area contributed by atoms with Gasteiger partial charge >= 0.3 is 0 Å². The quantitative estimate of drug-likeness (QED) is 0.434. The second-order valence-corrected chi connectivity index (χ2v) is 8.32. The zero-order chi connectivity index (χ0) is 20.3. The number of carbonyl (C=O) groups is 1. The third kappa shape index (κ3) is 4.22. The minimum absolute atomic E-state index is 0.101. The molecule has 0 N–H and O–H groups in total. The van der Waals surface area contributed by atoms with E-state index in [0.29, 0.717) is 26.1 Å². The van der Waals surface area contributed by atoms with E-state index in [4.69, 9.17) is 16.9 Å². The Labute approximate surface area is 175 Å². The van der Waals surface area contributed by atoms with Crippen molar-refractivity contribution in [1.82, 2.24) is 9.55 Å². The Morgan fingerprint density at radius 1 is 1.43 bits per heavy atom. The molecule has 0 aliphatic carbocycles. The van der Waals surface area contributed by atoms with Gasteiger partial charge in [0.25, 0.3) is 5.56 Å². The molecule has 28 heavy (non-hydrogen) atoms. The number of aryl methyl sites for hydroxylation is 1. The number of anilines is 1. The number of rotatable bonds is 6. The Morgan fingerprint density at radius 3 is 2.93 bits per heavy atom. The van der Waals surface area contributed by atoms with Gasteiger partial charge in [-0.15, -0.1) is 11.3 Å². The molecule has 1 amide bonds. The molecular formula is C19H17ClN4O2S2. The molecule has 0 unspecified atom stereocenters. The molecule has 6 nitrogen and oxygen atoms in total. The van der Waals surface area contributed by atoms with E-state index in [1.807, 2.05) is 18.4 Å². The van der Waals surface area contributed by atoms with E-state index in [2.05, 4.69) is 11.1 Å². The summed E-state index contributed by atoms with van der Waals surface area (Å²) < 4.78 is 1.46. The van der Waals surface area contributed by atoms with Crippen molar-refractivity contribution in [2.24, 2.45) is 7.05 Å². The second kappa shape index (κ2) is 8.78. The van der Waals surface area contributed by atoms with Crippen LogP contribution >= 0.6 is 34.7 Å². The molecule has 0 saturated carbocycles. The molecule has 3 rings (SSSR count). The van der Waals surface area contributed by atoms with Crippen LogP contribution in [0.25, 0.3) is 10.2 Å².